The Hall–Kier alpha value is -2.59. The molecule has 118 valence electrons. The summed E-state index contributed by atoms with van der Waals surface area (Å²) in [5, 5.41) is 6.82. The molecule has 0 spiro atoms. The van der Waals surface area contributed by atoms with Gasteiger partial charge in [-0.2, -0.15) is 5.10 Å². The SMILES string of the molecule is Cc1nc(-c2ncn[nH]2)sc1C(=O)NS(=O)(=O)c1ccccc1. The number of amides is 1. The molecule has 3 rings (SSSR count). The van der Waals surface area contributed by atoms with Crippen LogP contribution in [0.2, 0.25) is 0 Å². The molecule has 8 nitrogen and oxygen atoms in total. The fraction of sp³-hybridized carbons (Fsp3) is 0.0769. The van der Waals surface area contributed by atoms with Crippen molar-refractivity contribution in [1.82, 2.24) is 24.9 Å². The summed E-state index contributed by atoms with van der Waals surface area (Å²) in [4.78, 5) is 20.7. The summed E-state index contributed by atoms with van der Waals surface area (Å²) >= 11 is 1.04. The van der Waals surface area contributed by atoms with E-state index in [1.165, 1.54) is 18.5 Å². The molecule has 0 fully saturated rings. The molecule has 0 atom stereocenters. The fourth-order valence-corrected chi connectivity index (χ4v) is 3.80. The van der Waals surface area contributed by atoms with Crippen LogP contribution in [0, 0.1) is 6.92 Å². The number of nitrogens with zero attached hydrogens (tertiary/aromatic N) is 3. The Morgan fingerprint density at radius 3 is 2.65 bits per heavy atom. The summed E-state index contributed by atoms with van der Waals surface area (Å²) in [5.74, 6) is -0.308. The molecule has 0 aliphatic heterocycles. The number of carbonyl (C=O) groups excluding carboxylic acids is 1. The number of H-pyrrole nitrogens is 1. The average molecular weight is 349 g/mol. The number of thiazole rings is 1. The number of benzene rings is 1. The van der Waals surface area contributed by atoms with Gasteiger partial charge in [0.25, 0.3) is 15.9 Å². The molecule has 10 heteroatoms. The fourth-order valence-electron chi connectivity index (χ4n) is 1.84. The third kappa shape index (κ3) is 3.12. The van der Waals surface area contributed by atoms with Gasteiger partial charge in [0.1, 0.15) is 11.2 Å². The van der Waals surface area contributed by atoms with E-state index in [-0.39, 0.29) is 9.77 Å². The highest BCUT2D eigenvalue weighted by Gasteiger charge is 2.23. The van der Waals surface area contributed by atoms with Crippen LogP contribution in [0.15, 0.2) is 41.6 Å². The van der Waals surface area contributed by atoms with E-state index in [1.807, 2.05) is 4.72 Å². The number of sulfonamides is 1. The summed E-state index contributed by atoms with van der Waals surface area (Å²) in [5.41, 5.74) is 0.419. The van der Waals surface area contributed by atoms with E-state index in [0.29, 0.717) is 16.5 Å². The van der Waals surface area contributed by atoms with Crippen molar-refractivity contribution in [1.29, 1.82) is 0 Å². The number of hydrogen-bond donors (Lipinski definition) is 2. The zero-order valence-electron chi connectivity index (χ0n) is 11.8. The van der Waals surface area contributed by atoms with Crippen LogP contribution in [-0.4, -0.2) is 34.5 Å². The van der Waals surface area contributed by atoms with E-state index < -0.39 is 15.9 Å². The van der Waals surface area contributed by atoms with Crippen molar-refractivity contribution in [3.05, 3.63) is 47.2 Å². The monoisotopic (exact) mass is 349 g/mol. The summed E-state index contributed by atoms with van der Waals surface area (Å²) in [6, 6.07) is 7.68. The molecular formula is C13H11N5O3S2. The topological polar surface area (TPSA) is 118 Å². The van der Waals surface area contributed by atoms with Crippen LogP contribution in [0.1, 0.15) is 15.4 Å². The zero-order chi connectivity index (χ0) is 16.4. The predicted molar refractivity (Wildman–Crippen MR) is 83.3 cm³/mol. The molecule has 3 aromatic rings. The Bertz CT molecular complexity index is 933. The van der Waals surface area contributed by atoms with Crippen molar-refractivity contribution < 1.29 is 13.2 Å². The molecular weight excluding hydrogens is 338 g/mol. The van der Waals surface area contributed by atoms with E-state index in [1.54, 1.807) is 25.1 Å². The van der Waals surface area contributed by atoms with Crippen LogP contribution in [0.4, 0.5) is 0 Å². The molecule has 0 radical (unpaired) electrons. The quantitative estimate of drug-likeness (QED) is 0.734. The van der Waals surface area contributed by atoms with Gasteiger partial charge in [-0.3, -0.25) is 9.89 Å². The van der Waals surface area contributed by atoms with E-state index in [2.05, 4.69) is 20.2 Å². The number of aromatic amines is 1. The lowest BCUT2D eigenvalue weighted by Crippen LogP contribution is -2.30. The van der Waals surface area contributed by atoms with Gasteiger partial charge < -0.3 is 0 Å². The van der Waals surface area contributed by atoms with Crippen molar-refractivity contribution in [3.8, 4) is 10.8 Å². The number of aromatic nitrogens is 4. The molecule has 1 amide bonds. The van der Waals surface area contributed by atoms with Crippen molar-refractivity contribution >= 4 is 27.3 Å². The summed E-state index contributed by atoms with van der Waals surface area (Å²) < 4.78 is 26.4. The minimum absolute atomic E-state index is 0.0194. The number of nitrogens with one attached hydrogen (secondary N) is 2. The van der Waals surface area contributed by atoms with Gasteiger partial charge >= 0.3 is 0 Å². The number of rotatable bonds is 4. The summed E-state index contributed by atoms with van der Waals surface area (Å²) in [6.45, 7) is 1.63. The first-order valence-corrected chi connectivity index (χ1v) is 8.73. The van der Waals surface area contributed by atoms with Crippen molar-refractivity contribution in [2.75, 3.05) is 0 Å². The highest BCUT2D eigenvalue weighted by Crippen LogP contribution is 2.25. The normalized spacial score (nSPS) is 11.3. The molecule has 23 heavy (non-hydrogen) atoms. The van der Waals surface area contributed by atoms with Crippen LogP contribution in [-0.2, 0) is 10.0 Å². The number of hydrogen-bond acceptors (Lipinski definition) is 7. The maximum Gasteiger partial charge on any atom is 0.277 e. The Balaban J connectivity index is 1.87. The Morgan fingerprint density at radius 1 is 1.26 bits per heavy atom. The average Bonchev–Trinajstić information content (AvgIpc) is 3.17. The van der Waals surface area contributed by atoms with Crippen LogP contribution in [0.25, 0.3) is 10.8 Å². The van der Waals surface area contributed by atoms with E-state index in [4.69, 9.17) is 0 Å². The highest BCUT2D eigenvalue weighted by molar-refractivity contribution is 7.90. The van der Waals surface area contributed by atoms with Gasteiger partial charge in [-0.15, -0.1) is 11.3 Å². The van der Waals surface area contributed by atoms with Crippen LogP contribution >= 0.6 is 11.3 Å². The molecule has 0 bridgehead atoms. The predicted octanol–water partition coefficient (Wildman–Crippen LogP) is 1.36. The van der Waals surface area contributed by atoms with E-state index in [9.17, 15) is 13.2 Å². The summed E-state index contributed by atoms with van der Waals surface area (Å²) in [7, 11) is -3.93. The molecule has 0 aliphatic carbocycles. The van der Waals surface area contributed by atoms with Gasteiger partial charge in [-0.1, -0.05) is 18.2 Å². The number of aryl methyl sites for hydroxylation is 1. The first-order chi connectivity index (χ1) is 11.0. The first-order valence-electron chi connectivity index (χ1n) is 6.43. The van der Waals surface area contributed by atoms with E-state index in [0.717, 1.165) is 11.3 Å². The Kier molecular flexibility index (Phi) is 3.92. The highest BCUT2D eigenvalue weighted by atomic mass is 32.2. The smallest absolute Gasteiger partial charge is 0.267 e. The molecule has 2 aromatic heterocycles. The minimum Gasteiger partial charge on any atom is -0.267 e. The molecule has 0 unspecified atom stereocenters. The Labute approximate surface area is 135 Å². The lowest BCUT2D eigenvalue weighted by atomic mass is 10.4. The molecule has 2 heterocycles. The van der Waals surface area contributed by atoms with Crippen molar-refractivity contribution in [2.24, 2.45) is 0 Å². The molecule has 0 saturated heterocycles. The van der Waals surface area contributed by atoms with Crippen LogP contribution in [0.3, 0.4) is 0 Å². The van der Waals surface area contributed by atoms with Gasteiger partial charge in [0.05, 0.1) is 10.6 Å². The lowest BCUT2D eigenvalue weighted by Gasteiger charge is -2.05. The van der Waals surface area contributed by atoms with Gasteiger partial charge in [0, 0.05) is 0 Å². The molecule has 1 aromatic carbocycles. The van der Waals surface area contributed by atoms with Gasteiger partial charge in [0.2, 0.25) is 0 Å². The zero-order valence-corrected chi connectivity index (χ0v) is 13.5. The second kappa shape index (κ2) is 5.89. The largest absolute Gasteiger partial charge is 0.277 e. The Morgan fingerprint density at radius 2 is 2.00 bits per heavy atom. The summed E-state index contributed by atoms with van der Waals surface area (Å²) in [6.07, 6.45) is 1.33. The lowest BCUT2D eigenvalue weighted by molar-refractivity contribution is 0.0984. The third-order valence-corrected chi connectivity index (χ3v) is 5.41. The molecule has 2 N–H and O–H groups in total. The first kappa shape index (κ1) is 15.3. The third-order valence-electron chi connectivity index (χ3n) is 2.90. The van der Waals surface area contributed by atoms with Crippen molar-refractivity contribution in [2.45, 2.75) is 11.8 Å². The maximum atomic E-state index is 12.3. The van der Waals surface area contributed by atoms with Crippen molar-refractivity contribution in [3.63, 3.8) is 0 Å². The number of carbonyl (C=O) groups is 1. The van der Waals surface area contributed by atoms with E-state index >= 15 is 0 Å². The minimum atomic E-state index is -3.93. The van der Waals surface area contributed by atoms with Gasteiger partial charge in [-0.25, -0.2) is 23.1 Å². The van der Waals surface area contributed by atoms with Gasteiger partial charge in [0.15, 0.2) is 10.8 Å². The van der Waals surface area contributed by atoms with Gasteiger partial charge in [-0.05, 0) is 19.1 Å². The van der Waals surface area contributed by atoms with Crippen LogP contribution in [0.5, 0.6) is 0 Å². The molecule has 0 saturated carbocycles. The maximum absolute atomic E-state index is 12.3. The second-order valence-electron chi connectivity index (χ2n) is 4.52. The van der Waals surface area contributed by atoms with Crippen LogP contribution < -0.4 is 4.72 Å². The second-order valence-corrected chi connectivity index (χ2v) is 7.20. The standard InChI is InChI=1S/C13H11N5O3S2/c1-8-10(22-13(16-8)11-14-7-15-17-11)12(19)18-23(20,21)9-5-3-2-4-6-9/h2-7H,1H3,(H,18,19)(H,14,15,17). The molecule has 0 aliphatic rings.